The Kier molecular flexibility index (Phi) is 4.11. The second-order valence-corrected chi connectivity index (χ2v) is 6.92. The van der Waals surface area contributed by atoms with E-state index < -0.39 is 0 Å². The molecule has 0 unspecified atom stereocenters. The molecular formula is C19H15N5OS. The van der Waals surface area contributed by atoms with Crippen molar-refractivity contribution in [3.63, 3.8) is 0 Å². The van der Waals surface area contributed by atoms with E-state index in [1.807, 2.05) is 17.5 Å². The molecule has 0 bridgehead atoms. The molecule has 0 radical (unpaired) electrons. The Hall–Kier alpha value is -3.24. The number of amides is 1. The lowest BCUT2D eigenvalue weighted by Crippen LogP contribution is -2.37. The quantitative estimate of drug-likeness (QED) is 0.757. The van der Waals surface area contributed by atoms with Crippen molar-refractivity contribution in [3.05, 3.63) is 64.4 Å². The Morgan fingerprint density at radius 2 is 2.12 bits per heavy atom. The standard InChI is InChI=1S/C19H15N5OS/c20-10-13-17(16-2-1-9-26-16)14-11-24(8-5-15(14)23-18(13)21)19(25)12-3-6-22-7-4-12/h1-4,6-7,9H,5,8,11H2,(H2,21,23). The summed E-state index contributed by atoms with van der Waals surface area (Å²) in [6.45, 7) is 0.974. The number of aromatic nitrogens is 2. The number of hydrogen-bond donors (Lipinski definition) is 1. The van der Waals surface area contributed by atoms with Crippen molar-refractivity contribution >= 4 is 23.1 Å². The molecule has 0 fully saturated rings. The zero-order chi connectivity index (χ0) is 18.1. The number of carbonyl (C=O) groups excluding carboxylic acids is 1. The number of rotatable bonds is 2. The van der Waals surface area contributed by atoms with Gasteiger partial charge in [0.1, 0.15) is 17.5 Å². The van der Waals surface area contributed by atoms with Gasteiger partial charge in [-0.3, -0.25) is 9.78 Å². The Bertz CT molecular complexity index is 1010. The first kappa shape index (κ1) is 16.2. The maximum atomic E-state index is 12.8. The molecule has 0 aromatic carbocycles. The first-order valence-corrected chi connectivity index (χ1v) is 9.01. The molecule has 3 aromatic heterocycles. The average Bonchev–Trinajstić information content (AvgIpc) is 3.21. The molecule has 26 heavy (non-hydrogen) atoms. The van der Waals surface area contributed by atoms with E-state index in [1.54, 1.807) is 40.8 Å². The highest BCUT2D eigenvalue weighted by Gasteiger charge is 2.28. The van der Waals surface area contributed by atoms with Crippen molar-refractivity contribution in [2.75, 3.05) is 12.3 Å². The van der Waals surface area contributed by atoms with Crippen LogP contribution in [0.2, 0.25) is 0 Å². The topological polar surface area (TPSA) is 95.9 Å². The second kappa shape index (κ2) is 6.58. The van der Waals surface area contributed by atoms with Crippen molar-refractivity contribution < 1.29 is 4.79 Å². The van der Waals surface area contributed by atoms with Gasteiger partial charge in [0.15, 0.2) is 0 Å². The largest absolute Gasteiger partial charge is 0.383 e. The maximum absolute atomic E-state index is 12.8. The smallest absolute Gasteiger partial charge is 0.254 e. The minimum atomic E-state index is -0.0505. The Morgan fingerprint density at radius 1 is 1.31 bits per heavy atom. The molecule has 4 rings (SSSR count). The van der Waals surface area contributed by atoms with Crippen LogP contribution in [-0.2, 0) is 13.0 Å². The third kappa shape index (κ3) is 2.70. The summed E-state index contributed by atoms with van der Waals surface area (Å²) in [5.74, 6) is 0.203. The lowest BCUT2D eigenvalue weighted by Gasteiger charge is -2.30. The van der Waals surface area contributed by atoms with Gasteiger partial charge in [-0.05, 0) is 23.6 Å². The number of fused-ring (bicyclic) bond motifs is 1. The van der Waals surface area contributed by atoms with Crippen LogP contribution in [0.5, 0.6) is 0 Å². The van der Waals surface area contributed by atoms with E-state index in [0.717, 1.165) is 21.7 Å². The summed E-state index contributed by atoms with van der Waals surface area (Å²) in [6.07, 6.45) is 3.83. The predicted molar refractivity (Wildman–Crippen MR) is 99.4 cm³/mol. The van der Waals surface area contributed by atoms with Crippen molar-refractivity contribution in [2.24, 2.45) is 0 Å². The van der Waals surface area contributed by atoms with Gasteiger partial charge in [0.25, 0.3) is 5.91 Å². The summed E-state index contributed by atoms with van der Waals surface area (Å²) in [4.78, 5) is 24.0. The summed E-state index contributed by atoms with van der Waals surface area (Å²) >= 11 is 1.55. The summed E-state index contributed by atoms with van der Waals surface area (Å²) in [7, 11) is 0. The zero-order valence-electron chi connectivity index (χ0n) is 13.8. The van der Waals surface area contributed by atoms with Gasteiger partial charge in [0.05, 0.1) is 5.69 Å². The van der Waals surface area contributed by atoms with Crippen LogP contribution >= 0.6 is 11.3 Å². The highest BCUT2D eigenvalue weighted by molar-refractivity contribution is 7.13. The van der Waals surface area contributed by atoms with E-state index >= 15 is 0 Å². The highest BCUT2D eigenvalue weighted by Crippen LogP contribution is 2.37. The molecule has 1 amide bonds. The first-order valence-electron chi connectivity index (χ1n) is 8.13. The lowest BCUT2D eigenvalue weighted by atomic mass is 9.94. The minimum absolute atomic E-state index is 0.0505. The van der Waals surface area contributed by atoms with Crippen molar-refractivity contribution in [1.82, 2.24) is 14.9 Å². The number of nitrogen functional groups attached to an aromatic ring is 1. The van der Waals surface area contributed by atoms with Gasteiger partial charge < -0.3 is 10.6 Å². The monoisotopic (exact) mass is 361 g/mol. The molecule has 4 heterocycles. The molecule has 0 spiro atoms. The van der Waals surface area contributed by atoms with Crippen molar-refractivity contribution in [2.45, 2.75) is 13.0 Å². The molecule has 0 saturated carbocycles. The van der Waals surface area contributed by atoms with Crippen LogP contribution in [0.15, 0.2) is 42.0 Å². The van der Waals surface area contributed by atoms with Crippen molar-refractivity contribution in [1.29, 1.82) is 5.26 Å². The van der Waals surface area contributed by atoms with Gasteiger partial charge in [0.2, 0.25) is 0 Å². The molecule has 128 valence electrons. The number of anilines is 1. The van der Waals surface area contributed by atoms with Gasteiger partial charge >= 0.3 is 0 Å². The average molecular weight is 361 g/mol. The van der Waals surface area contributed by atoms with E-state index in [-0.39, 0.29) is 11.7 Å². The summed E-state index contributed by atoms with van der Waals surface area (Å²) in [5.41, 5.74) is 9.59. The molecule has 0 atom stereocenters. The van der Waals surface area contributed by atoms with Crippen LogP contribution in [0.25, 0.3) is 10.4 Å². The summed E-state index contributed by atoms with van der Waals surface area (Å²) < 4.78 is 0. The van der Waals surface area contributed by atoms with Crippen LogP contribution in [0, 0.1) is 11.3 Å². The van der Waals surface area contributed by atoms with Gasteiger partial charge in [-0.15, -0.1) is 11.3 Å². The number of carbonyl (C=O) groups is 1. The van der Waals surface area contributed by atoms with Crippen molar-refractivity contribution in [3.8, 4) is 16.5 Å². The van der Waals surface area contributed by atoms with E-state index in [1.165, 1.54) is 0 Å². The Morgan fingerprint density at radius 3 is 2.81 bits per heavy atom. The first-order chi connectivity index (χ1) is 12.7. The predicted octanol–water partition coefficient (Wildman–Crippen LogP) is 2.86. The SMILES string of the molecule is N#Cc1c(N)nc2c(c1-c1cccs1)CN(C(=O)c1ccncc1)CC2. The van der Waals surface area contributed by atoms with Crippen LogP contribution in [-0.4, -0.2) is 27.3 Å². The van der Waals surface area contributed by atoms with Crippen LogP contribution in [0.1, 0.15) is 27.2 Å². The number of thiophene rings is 1. The summed E-state index contributed by atoms with van der Waals surface area (Å²) in [6, 6.07) is 9.50. The number of nitrogens with zero attached hydrogens (tertiary/aromatic N) is 4. The lowest BCUT2D eigenvalue weighted by molar-refractivity contribution is 0.0734. The molecule has 0 aliphatic carbocycles. The molecule has 7 heteroatoms. The summed E-state index contributed by atoms with van der Waals surface area (Å²) in [5, 5.41) is 11.6. The van der Waals surface area contributed by atoms with Crippen LogP contribution in [0.3, 0.4) is 0 Å². The van der Waals surface area contributed by atoms with Gasteiger partial charge in [0, 0.05) is 53.5 Å². The Balaban J connectivity index is 1.79. The van der Waals surface area contributed by atoms with E-state index in [4.69, 9.17) is 5.73 Å². The molecule has 1 aliphatic rings. The van der Waals surface area contributed by atoms with Gasteiger partial charge in [-0.2, -0.15) is 5.26 Å². The third-order valence-electron chi connectivity index (χ3n) is 4.47. The second-order valence-electron chi connectivity index (χ2n) is 5.97. The zero-order valence-corrected chi connectivity index (χ0v) is 14.7. The number of pyridine rings is 2. The molecule has 1 aliphatic heterocycles. The number of nitriles is 1. The molecule has 6 nitrogen and oxygen atoms in total. The third-order valence-corrected chi connectivity index (χ3v) is 5.36. The fourth-order valence-corrected chi connectivity index (χ4v) is 4.04. The molecule has 3 aromatic rings. The normalized spacial score (nSPS) is 13.1. The number of hydrogen-bond acceptors (Lipinski definition) is 6. The fraction of sp³-hybridized carbons (Fsp3) is 0.158. The molecule has 0 saturated heterocycles. The van der Waals surface area contributed by atoms with Gasteiger partial charge in [-0.25, -0.2) is 4.98 Å². The highest BCUT2D eigenvalue weighted by atomic mass is 32.1. The van der Waals surface area contributed by atoms with Crippen LogP contribution < -0.4 is 5.73 Å². The molecule has 2 N–H and O–H groups in total. The van der Waals surface area contributed by atoms with E-state index in [2.05, 4.69) is 16.0 Å². The van der Waals surface area contributed by atoms with Gasteiger partial charge in [-0.1, -0.05) is 6.07 Å². The van der Waals surface area contributed by atoms with Crippen LogP contribution in [0.4, 0.5) is 5.82 Å². The van der Waals surface area contributed by atoms with E-state index in [9.17, 15) is 10.1 Å². The minimum Gasteiger partial charge on any atom is -0.383 e. The fourth-order valence-electron chi connectivity index (χ4n) is 3.24. The Labute approximate surface area is 154 Å². The number of nitrogens with two attached hydrogens (primary N) is 1. The molecular weight excluding hydrogens is 346 g/mol. The maximum Gasteiger partial charge on any atom is 0.254 e. The van der Waals surface area contributed by atoms with E-state index in [0.29, 0.717) is 30.6 Å².